The molecule has 2 aliphatic rings. The van der Waals surface area contributed by atoms with E-state index in [2.05, 4.69) is 10.3 Å². The largest absolute Gasteiger partial charge is 0.481 e. The molecular weight excluding hydrogens is 426 g/mol. The molecule has 0 radical (unpaired) electrons. The smallest absolute Gasteiger partial charge is 0.328 e. The first-order valence-electron chi connectivity index (χ1n) is 10.5. The van der Waals surface area contributed by atoms with Crippen LogP contribution in [0.15, 0.2) is 15.8 Å². The highest BCUT2D eigenvalue weighted by atomic mass is 16.6. The van der Waals surface area contributed by atoms with Gasteiger partial charge in [-0.25, -0.2) is 4.79 Å². The number of H-pyrrole nitrogens is 1. The summed E-state index contributed by atoms with van der Waals surface area (Å²) < 4.78 is 12.3. The van der Waals surface area contributed by atoms with Crippen molar-refractivity contribution in [2.75, 3.05) is 19.7 Å². The lowest BCUT2D eigenvalue weighted by molar-refractivity contribution is -0.146. The molecule has 0 bridgehead atoms. The van der Waals surface area contributed by atoms with Gasteiger partial charge < -0.3 is 25.0 Å². The van der Waals surface area contributed by atoms with Crippen molar-refractivity contribution in [2.45, 2.75) is 50.9 Å². The predicted octanol–water partition coefficient (Wildman–Crippen LogP) is -0.354. The minimum atomic E-state index is -1.18. The van der Waals surface area contributed by atoms with E-state index in [1.807, 2.05) is 0 Å². The predicted molar refractivity (Wildman–Crippen MR) is 108 cm³/mol. The maximum Gasteiger partial charge on any atom is 0.328 e. The van der Waals surface area contributed by atoms with Crippen LogP contribution in [0.1, 0.15) is 50.3 Å². The fourth-order valence-corrected chi connectivity index (χ4v) is 4.56. The number of carboxylic acids is 2. The highest BCUT2D eigenvalue weighted by Crippen LogP contribution is 2.45. The van der Waals surface area contributed by atoms with Crippen LogP contribution >= 0.6 is 0 Å². The molecule has 12 heteroatoms. The Hall–Kier alpha value is -2.99. The van der Waals surface area contributed by atoms with Crippen LogP contribution < -0.4 is 16.6 Å². The molecule has 2 saturated heterocycles. The summed E-state index contributed by atoms with van der Waals surface area (Å²) in [6.07, 6.45) is -0.130. The van der Waals surface area contributed by atoms with Crippen LogP contribution in [0.3, 0.4) is 0 Å². The van der Waals surface area contributed by atoms with Gasteiger partial charge in [-0.15, -0.1) is 0 Å². The number of rotatable bonds is 8. The number of piperidine rings is 1. The van der Waals surface area contributed by atoms with Crippen LogP contribution in [0.4, 0.5) is 0 Å². The molecule has 4 N–H and O–H groups in total. The molecule has 3 rings (SSSR count). The van der Waals surface area contributed by atoms with Crippen molar-refractivity contribution in [1.82, 2.24) is 14.9 Å². The van der Waals surface area contributed by atoms with Gasteiger partial charge in [0.05, 0.1) is 30.6 Å². The molecular formula is C20H27N3O9. The second-order valence-electron chi connectivity index (χ2n) is 8.15. The van der Waals surface area contributed by atoms with Gasteiger partial charge in [-0.3, -0.25) is 28.7 Å². The molecule has 12 nitrogen and oxygen atoms in total. The average Bonchev–Trinajstić information content (AvgIpc) is 3.03. The van der Waals surface area contributed by atoms with Crippen molar-refractivity contribution >= 4 is 17.9 Å². The van der Waals surface area contributed by atoms with Gasteiger partial charge in [0, 0.05) is 31.0 Å². The molecule has 176 valence electrons. The minimum Gasteiger partial charge on any atom is -0.481 e. The number of ether oxygens (including phenoxy) is 2. The minimum absolute atomic E-state index is 0.0510. The zero-order valence-corrected chi connectivity index (χ0v) is 17.6. The summed E-state index contributed by atoms with van der Waals surface area (Å²) in [5, 5.41) is 22.0. The Morgan fingerprint density at radius 3 is 2.34 bits per heavy atom. The Bertz CT molecular complexity index is 979. The quantitative estimate of drug-likeness (QED) is 0.380. The number of carbonyl (C=O) groups is 3. The number of carbonyl (C=O) groups excluding carboxylic acids is 1. The zero-order chi connectivity index (χ0) is 23.4. The number of aromatic nitrogens is 2. The number of nitrogens with one attached hydrogen (secondary N) is 2. The number of aromatic amines is 1. The number of hydrogen-bond acceptors (Lipinski definition) is 8. The van der Waals surface area contributed by atoms with Crippen molar-refractivity contribution in [3.63, 3.8) is 0 Å². The summed E-state index contributed by atoms with van der Waals surface area (Å²) in [5.41, 5.74) is -1.24. The number of aliphatic carboxylic acids is 2. The highest BCUT2D eigenvalue weighted by Gasteiger charge is 2.48. The molecule has 0 unspecified atom stereocenters. The Kier molecular flexibility index (Phi) is 7.46. The Morgan fingerprint density at radius 1 is 1.12 bits per heavy atom. The second kappa shape index (κ2) is 10.1. The van der Waals surface area contributed by atoms with Crippen molar-refractivity contribution < 1.29 is 34.1 Å². The monoisotopic (exact) mass is 453 g/mol. The van der Waals surface area contributed by atoms with Gasteiger partial charge in [-0.05, 0) is 25.9 Å². The summed E-state index contributed by atoms with van der Waals surface area (Å²) in [4.78, 5) is 61.7. The molecule has 1 aromatic rings. The molecule has 0 aliphatic carbocycles. The van der Waals surface area contributed by atoms with E-state index in [1.54, 1.807) is 0 Å². The molecule has 0 saturated carbocycles. The van der Waals surface area contributed by atoms with Gasteiger partial charge >= 0.3 is 23.6 Å². The maximum absolute atomic E-state index is 12.7. The van der Waals surface area contributed by atoms with Gasteiger partial charge in [-0.1, -0.05) is 0 Å². The molecule has 0 aromatic carbocycles. The lowest BCUT2D eigenvalue weighted by atomic mass is 9.81. The van der Waals surface area contributed by atoms with Crippen molar-refractivity contribution in [3.05, 3.63) is 32.6 Å². The number of carboxylic acid groups (broad SMARTS) is 2. The molecule has 4 atom stereocenters. The number of esters is 1. The van der Waals surface area contributed by atoms with Gasteiger partial charge in [0.1, 0.15) is 6.61 Å². The van der Waals surface area contributed by atoms with Crippen molar-refractivity contribution in [1.29, 1.82) is 0 Å². The number of hydrogen-bond donors (Lipinski definition) is 4. The van der Waals surface area contributed by atoms with E-state index in [1.165, 1.54) is 17.7 Å². The zero-order valence-electron chi connectivity index (χ0n) is 17.6. The van der Waals surface area contributed by atoms with Gasteiger partial charge in [0.15, 0.2) is 0 Å². The first-order chi connectivity index (χ1) is 15.2. The van der Waals surface area contributed by atoms with Crippen LogP contribution in [-0.4, -0.2) is 63.5 Å². The SMILES string of the molecule is CC(=O)OC[C@H]1O[C@@H](c2cn(C3CCNCC3)c(=O)[nH]c2=O)[C@@H](CC(=O)O)[C@H]1CC(=O)O. The van der Waals surface area contributed by atoms with E-state index >= 15 is 0 Å². The summed E-state index contributed by atoms with van der Waals surface area (Å²) >= 11 is 0. The third-order valence-corrected chi connectivity index (χ3v) is 6.01. The second-order valence-corrected chi connectivity index (χ2v) is 8.15. The molecule has 0 amide bonds. The molecule has 3 heterocycles. The Labute approximate surface area is 182 Å². The lowest BCUT2D eigenvalue weighted by Gasteiger charge is -2.26. The van der Waals surface area contributed by atoms with E-state index in [-0.39, 0.29) is 18.2 Å². The molecule has 2 aliphatic heterocycles. The molecule has 1 aromatic heterocycles. The van der Waals surface area contributed by atoms with Crippen LogP contribution in [0, 0.1) is 11.8 Å². The fourth-order valence-electron chi connectivity index (χ4n) is 4.56. The Morgan fingerprint density at radius 2 is 1.75 bits per heavy atom. The lowest BCUT2D eigenvalue weighted by Crippen LogP contribution is -2.39. The topological polar surface area (TPSA) is 177 Å². The van der Waals surface area contributed by atoms with Crippen LogP contribution in [0.25, 0.3) is 0 Å². The fraction of sp³-hybridized carbons (Fsp3) is 0.650. The van der Waals surface area contributed by atoms with E-state index in [0.29, 0.717) is 25.9 Å². The van der Waals surface area contributed by atoms with Crippen LogP contribution in [0.5, 0.6) is 0 Å². The van der Waals surface area contributed by atoms with Crippen molar-refractivity contribution in [3.8, 4) is 0 Å². The molecule has 0 spiro atoms. The summed E-state index contributed by atoms with van der Waals surface area (Å²) in [6, 6.07) is -0.148. The summed E-state index contributed by atoms with van der Waals surface area (Å²) in [5.74, 6) is -4.64. The van der Waals surface area contributed by atoms with Gasteiger partial charge in [0.25, 0.3) is 5.56 Å². The van der Waals surface area contributed by atoms with Gasteiger partial charge in [0.2, 0.25) is 0 Å². The molecule has 32 heavy (non-hydrogen) atoms. The third-order valence-electron chi connectivity index (χ3n) is 6.01. The van der Waals surface area contributed by atoms with E-state index < -0.39 is 66.0 Å². The summed E-state index contributed by atoms with van der Waals surface area (Å²) in [6.45, 7) is 2.33. The van der Waals surface area contributed by atoms with Crippen LogP contribution in [0.2, 0.25) is 0 Å². The highest BCUT2D eigenvalue weighted by molar-refractivity contribution is 5.69. The molecule has 2 fully saturated rings. The van der Waals surface area contributed by atoms with E-state index in [4.69, 9.17) is 9.47 Å². The average molecular weight is 453 g/mol. The van der Waals surface area contributed by atoms with Crippen molar-refractivity contribution in [2.24, 2.45) is 11.8 Å². The van der Waals surface area contributed by atoms with Gasteiger partial charge in [-0.2, -0.15) is 0 Å². The Balaban J connectivity index is 2.01. The van der Waals surface area contributed by atoms with E-state index in [9.17, 15) is 34.2 Å². The normalized spacial score (nSPS) is 26.0. The van der Waals surface area contributed by atoms with E-state index in [0.717, 1.165) is 0 Å². The first kappa shape index (κ1) is 23.7. The standard InChI is InChI=1S/C20H27N3O9/c1-10(24)31-9-15-12(6-16(25)26)13(7-17(27)28)18(32-15)14-8-23(20(30)22-19(14)29)11-2-4-21-5-3-11/h8,11-13,15,18,21H,2-7,9H2,1H3,(H,25,26)(H,27,28)(H,22,29,30)/t12-,13+,15-,18-/m1/s1. The third kappa shape index (κ3) is 5.43. The first-order valence-corrected chi connectivity index (χ1v) is 10.5. The number of nitrogens with zero attached hydrogens (tertiary/aromatic N) is 1. The van der Waals surface area contributed by atoms with Crippen LogP contribution in [-0.2, 0) is 23.9 Å². The maximum atomic E-state index is 12.7. The summed E-state index contributed by atoms with van der Waals surface area (Å²) in [7, 11) is 0.